The minimum absolute atomic E-state index is 0.0111. The topological polar surface area (TPSA) is 75.3 Å². The Morgan fingerprint density at radius 1 is 0.920 bits per heavy atom. The molecule has 2 aromatic rings. The highest BCUT2D eigenvalue weighted by molar-refractivity contribution is 7.12. The monoisotopic (exact) mass is 366 g/mol. The van der Waals surface area contributed by atoms with E-state index in [2.05, 4.69) is 10.6 Å². The molecule has 1 aromatic heterocycles. The Kier molecular flexibility index (Phi) is 6.76. The first-order chi connectivity index (χ1) is 12.0. The van der Waals surface area contributed by atoms with Crippen LogP contribution in [0, 0.1) is 11.6 Å². The largest absolute Gasteiger partial charge is 0.354 e. The van der Waals surface area contributed by atoms with Crippen LogP contribution in [0.4, 0.5) is 8.78 Å². The predicted octanol–water partition coefficient (Wildman–Crippen LogP) is 2.54. The van der Waals surface area contributed by atoms with Gasteiger partial charge in [-0.2, -0.15) is 0 Å². The number of hydrogen-bond donors (Lipinski definition) is 2. The molecule has 25 heavy (non-hydrogen) atoms. The summed E-state index contributed by atoms with van der Waals surface area (Å²) in [5.74, 6) is -3.23. The van der Waals surface area contributed by atoms with Gasteiger partial charge in [0.05, 0.1) is 4.88 Å². The average molecular weight is 366 g/mol. The third kappa shape index (κ3) is 5.46. The summed E-state index contributed by atoms with van der Waals surface area (Å²) in [7, 11) is 0. The van der Waals surface area contributed by atoms with Crippen LogP contribution >= 0.6 is 11.3 Å². The molecule has 5 nitrogen and oxygen atoms in total. The second-order valence-corrected chi connectivity index (χ2v) is 6.05. The zero-order chi connectivity index (χ0) is 18.2. The van der Waals surface area contributed by atoms with Gasteiger partial charge in [0.25, 0.3) is 5.91 Å². The molecule has 0 saturated heterocycles. The highest BCUT2D eigenvalue weighted by atomic mass is 32.1. The van der Waals surface area contributed by atoms with Crippen LogP contribution in [0.1, 0.15) is 32.9 Å². The van der Waals surface area contributed by atoms with Crippen molar-refractivity contribution in [1.29, 1.82) is 0 Å². The van der Waals surface area contributed by atoms with Gasteiger partial charge in [0.1, 0.15) is 17.2 Å². The number of carbonyl (C=O) groups is 3. The Hall–Kier alpha value is -2.61. The molecule has 0 saturated carbocycles. The van der Waals surface area contributed by atoms with Gasteiger partial charge >= 0.3 is 0 Å². The maximum absolute atomic E-state index is 13.4. The van der Waals surface area contributed by atoms with E-state index in [0.29, 0.717) is 4.88 Å². The lowest BCUT2D eigenvalue weighted by molar-refractivity contribution is -0.121. The zero-order valence-electron chi connectivity index (χ0n) is 13.2. The lowest BCUT2D eigenvalue weighted by atomic mass is 10.2. The molecule has 2 N–H and O–H groups in total. The quantitative estimate of drug-likeness (QED) is 0.557. The standard InChI is InChI=1S/C17H16F2N2O3S/c18-11-3-1-4-12(19)16(11)17(24)21-9-8-20-15(23)7-6-13(22)14-5-2-10-25-14/h1-5,10H,6-9H2,(H,20,23)(H,21,24). The zero-order valence-corrected chi connectivity index (χ0v) is 14.0. The molecule has 0 bridgehead atoms. The maximum Gasteiger partial charge on any atom is 0.257 e. The van der Waals surface area contributed by atoms with E-state index in [4.69, 9.17) is 0 Å². The van der Waals surface area contributed by atoms with Gasteiger partial charge in [-0.1, -0.05) is 12.1 Å². The van der Waals surface area contributed by atoms with Gasteiger partial charge in [0, 0.05) is 25.9 Å². The molecule has 0 fully saturated rings. The molecule has 0 unspecified atom stereocenters. The number of benzene rings is 1. The number of nitrogens with one attached hydrogen (secondary N) is 2. The van der Waals surface area contributed by atoms with Crippen molar-refractivity contribution in [2.24, 2.45) is 0 Å². The molecule has 0 aliphatic carbocycles. The number of amides is 2. The molecular formula is C17H16F2N2O3S. The normalized spacial score (nSPS) is 10.3. The molecule has 0 atom stereocenters. The van der Waals surface area contributed by atoms with Crippen LogP contribution in [-0.2, 0) is 4.79 Å². The van der Waals surface area contributed by atoms with Crippen molar-refractivity contribution in [3.05, 3.63) is 57.8 Å². The minimum Gasteiger partial charge on any atom is -0.354 e. The van der Waals surface area contributed by atoms with Crippen molar-refractivity contribution in [1.82, 2.24) is 10.6 Å². The summed E-state index contributed by atoms with van der Waals surface area (Å²) in [5, 5.41) is 6.64. The second kappa shape index (κ2) is 9.03. The lowest BCUT2D eigenvalue weighted by Gasteiger charge is -2.08. The number of carbonyl (C=O) groups excluding carboxylic acids is 3. The summed E-state index contributed by atoms with van der Waals surface area (Å²) in [4.78, 5) is 35.7. The maximum atomic E-state index is 13.4. The average Bonchev–Trinajstić information content (AvgIpc) is 3.11. The molecule has 0 spiro atoms. The molecule has 1 aromatic carbocycles. The first kappa shape index (κ1) is 18.7. The van der Waals surface area contributed by atoms with Gasteiger partial charge in [-0.25, -0.2) is 8.78 Å². The van der Waals surface area contributed by atoms with Crippen LogP contribution in [0.5, 0.6) is 0 Å². The van der Waals surface area contributed by atoms with E-state index < -0.39 is 23.1 Å². The Balaban J connectivity index is 1.68. The lowest BCUT2D eigenvalue weighted by Crippen LogP contribution is -2.35. The number of Topliss-reactive ketones (excluding diaryl/α,β-unsaturated/α-hetero) is 1. The smallest absolute Gasteiger partial charge is 0.257 e. The SMILES string of the molecule is O=C(CCC(=O)c1cccs1)NCCNC(=O)c1c(F)cccc1F. The van der Waals surface area contributed by atoms with Crippen LogP contribution in [0.25, 0.3) is 0 Å². The molecule has 0 radical (unpaired) electrons. The van der Waals surface area contributed by atoms with Crippen LogP contribution in [0.15, 0.2) is 35.7 Å². The molecule has 2 rings (SSSR count). The van der Waals surface area contributed by atoms with Gasteiger partial charge in [-0.05, 0) is 23.6 Å². The van der Waals surface area contributed by atoms with Crippen molar-refractivity contribution < 1.29 is 23.2 Å². The summed E-state index contributed by atoms with van der Waals surface area (Å²) < 4.78 is 26.9. The molecule has 8 heteroatoms. The Labute approximate surface area is 147 Å². The Morgan fingerprint density at radius 2 is 1.60 bits per heavy atom. The van der Waals surface area contributed by atoms with E-state index in [-0.39, 0.29) is 37.6 Å². The molecule has 0 aliphatic rings. The van der Waals surface area contributed by atoms with E-state index >= 15 is 0 Å². The highest BCUT2D eigenvalue weighted by Crippen LogP contribution is 2.12. The first-order valence-electron chi connectivity index (χ1n) is 7.54. The molecule has 2 amide bonds. The van der Waals surface area contributed by atoms with Crippen molar-refractivity contribution in [2.75, 3.05) is 13.1 Å². The summed E-state index contributed by atoms with van der Waals surface area (Å²) in [6.07, 6.45) is 0.131. The van der Waals surface area contributed by atoms with Crippen LogP contribution in [0.3, 0.4) is 0 Å². The number of rotatable bonds is 8. The fourth-order valence-corrected chi connectivity index (χ4v) is 2.75. The second-order valence-electron chi connectivity index (χ2n) is 5.10. The molecular weight excluding hydrogens is 350 g/mol. The number of halogens is 2. The van der Waals surface area contributed by atoms with Gasteiger partial charge in [-0.3, -0.25) is 14.4 Å². The van der Waals surface area contributed by atoms with Crippen molar-refractivity contribution in [3.63, 3.8) is 0 Å². The van der Waals surface area contributed by atoms with E-state index in [1.54, 1.807) is 17.5 Å². The predicted molar refractivity (Wildman–Crippen MR) is 89.6 cm³/mol. The van der Waals surface area contributed by atoms with Crippen LogP contribution in [-0.4, -0.2) is 30.7 Å². The van der Waals surface area contributed by atoms with E-state index in [1.165, 1.54) is 17.4 Å². The minimum atomic E-state index is -0.950. The summed E-state index contributed by atoms with van der Waals surface area (Å²) in [6, 6.07) is 6.61. The van der Waals surface area contributed by atoms with E-state index in [0.717, 1.165) is 12.1 Å². The summed E-state index contributed by atoms with van der Waals surface area (Å²) in [6.45, 7) is 0.102. The van der Waals surface area contributed by atoms with Crippen LogP contribution < -0.4 is 10.6 Å². The fourth-order valence-electron chi connectivity index (χ4n) is 2.06. The highest BCUT2D eigenvalue weighted by Gasteiger charge is 2.16. The number of hydrogen-bond acceptors (Lipinski definition) is 4. The third-order valence-electron chi connectivity index (χ3n) is 3.30. The number of thiophene rings is 1. The molecule has 0 aliphatic heterocycles. The van der Waals surface area contributed by atoms with Gasteiger partial charge in [0.15, 0.2) is 5.78 Å². The first-order valence-corrected chi connectivity index (χ1v) is 8.42. The van der Waals surface area contributed by atoms with Crippen molar-refractivity contribution in [3.8, 4) is 0 Å². The Bertz CT molecular complexity index is 743. The van der Waals surface area contributed by atoms with Crippen LogP contribution in [0.2, 0.25) is 0 Å². The van der Waals surface area contributed by atoms with E-state index in [1.807, 2.05) is 0 Å². The van der Waals surface area contributed by atoms with Crippen molar-refractivity contribution in [2.45, 2.75) is 12.8 Å². The number of ketones is 1. The molecule has 132 valence electrons. The van der Waals surface area contributed by atoms with E-state index in [9.17, 15) is 23.2 Å². The fraction of sp³-hybridized carbons (Fsp3) is 0.235. The van der Waals surface area contributed by atoms with Crippen molar-refractivity contribution >= 4 is 28.9 Å². The summed E-state index contributed by atoms with van der Waals surface area (Å²) >= 11 is 1.32. The third-order valence-corrected chi connectivity index (χ3v) is 4.21. The van der Waals surface area contributed by atoms with Gasteiger partial charge < -0.3 is 10.6 Å². The Morgan fingerprint density at radius 3 is 2.24 bits per heavy atom. The van der Waals surface area contributed by atoms with Gasteiger partial charge in [-0.15, -0.1) is 11.3 Å². The summed E-state index contributed by atoms with van der Waals surface area (Å²) in [5.41, 5.74) is -0.657. The molecule has 1 heterocycles. The van der Waals surface area contributed by atoms with Gasteiger partial charge in [0.2, 0.25) is 5.91 Å².